The summed E-state index contributed by atoms with van der Waals surface area (Å²) in [6.45, 7) is 0.901. The average molecular weight is 321 g/mol. The summed E-state index contributed by atoms with van der Waals surface area (Å²) in [5.74, 6) is 0.819. The summed E-state index contributed by atoms with van der Waals surface area (Å²) in [4.78, 5) is 11.4. The minimum atomic E-state index is -0.0191. The number of halogens is 1. The predicted octanol–water partition coefficient (Wildman–Crippen LogP) is 2.75. The third-order valence-corrected chi connectivity index (χ3v) is 3.22. The molecule has 4 nitrogen and oxygen atoms in total. The summed E-state index contributed by atoms with van der Waals surface area (Å²) in [6.07, 6.45) is 0.363. The second-order valence-corrected chi connectivity index (χ2v) is 4.74. The van der Waals surface area contributed by atoms with Crippen LogP contribution in [0.4, 0.5) is 0 Å². The highest BCUT2D eigenvalue weighted by atomic mass is 35.5. The van der Waals surface area contributed by atoms with Gasteiger partial charge in [0.1, 0.15) is 5.75 Å². The van der Waals surface area contributed by atoms with Crippen molar-refractivity contribution in [2.75, 3.05) is 13.7 Å². The van der Waals surface area contributed by atoms with E-state index in [1.807, 2.05) is 48.5 Å². The van der Waals surface area contributed by atoms with E-state index >= 15 is 0 Å². The molecule has 0 aliphatic heterocycles. The fraction of sp³-hybridized carbons (Fsp3) is 0.235. The molecule has 0 unspecified atom stereocenters. The normalized spacial score (nSPS) is 9.73. The van der Waals surface area contributed by atoms with Gasteiger partial charge in [0, 0.05) is 19.5 Å². The van der Waals surface area contributed by atoms with Gasteiger partial charge in [-0.3, -0.25) is 4.79 Å². The summed E-state index contributed by atoms with van der Waals surface area (Å²) in [5, 5.41) is 2.84. The molecule has 2 rings (SSSR count). The van der Waals surface area contributed by atoms with Crippen LogP contribution < -0.4 is 15.8 Å². The highest BCUT2D eigenvalue weighted by molar-refractivity contribution is 5.85. The Morgan fingerprint density at radius 2 is 1.86 bits per heavy atom. The zero-order chi connectivity index (χ0) is 15.1. The lowest BCUT2D eigenvalue weighted by Crippen LogP contribution is -2.24. The van der Waals surface area contributed by atoms with Gasteiger partial charge in [0.2, 0.25) is 5.91 Å². The van der Waals surface area contributed by atoms with Crippen LogP contribution in [0.15, 0.2) is 48.5 Å². The maximum atomic E-state index is 11.4. The molecular weight excluding hydrogens is 300 g/mol. The second-order valence-electron chi connectivity index (χ2n) is 4.74. The molecule has 2 aromatic rings. The van der Waals surface area contributed by atoms with Gasteiger partial charge in [-0.05, 0) is 28.8 Å². The first kappa shape index (κ1) is 18.0. The van der Waals surface area contributed by atoms with E-state index in [0.29, 0.717) is 19.5 Å². The maximum Gasteiger partial charge on any atom is 0.221 e. The lowest BCUT2D eigenvalue weighted by Gasteiger charge is -2.07. The number of carbonyl (C=O) groups is 1. The lowest BCUT2D eigenvalue weighted by molar-refractivity contribution is -0.121. The molecule has 0 spiro atoms. The molecule has 0 saturated carbocycles. The molecule has 5 heteroatoms. The van der Waals surface area contributed by atoms with Gasteiger partial charge in [0.05, 0.1) is 7.11 Å². The number of amides is 1. The number of nitrogens with two attached hydrogens (primary N) is 1. The number of nitrogens with one attached hydrogen (secondary N) is 1. The summed E-state index contributed by atoms with van der Waals surface area (Å²) in [7, 11) is 1.66. The summed E-state index contributed by atoms with van der Waals surface area (Å²) in [5.41, 5.74) is 8.62. The topological polar surface area (TPSA) is 64.3 Å². The van der Waals surface area contributed by atoms with Gasteiger partial charge in [0.15, 0.2) is 0 Å². The molecule has 0 aromatic heterocycles. The smallest absolute Gasteiger partial charge is 0.221 e. The van der Waals surface area contributed by atoms with Gasteiger partial charge in [-0.1, -0.05) is 36.4 Å². The number of ether oxygens (including phenoxy) is 1. The Hall–Kier alpha value is -2.04. The van der Waals surface area contributed by atoms with Crippen LogP contribution in [0.1, 0.15) is 12.0 Å². The number of rotatable bonds is 6. The summed E-state index contributed by atoms with van der Waals surface area (Å²) >= 11 is 0. The molecule has 0 saturated heterocycles. The van der Waals surface area contributed by atoms with E-state index in [1.165, 1.54) is 0 Å². The summed E-state index contributed by atoms with van der Waals surface area (Å²) in [6, 6.07) is 16.0. The number of carbonyl (C=O) groups excluding carboxylic acids is 1. The highest BCUT2D eigenvalue weighted by Crippen LogP contribution is 2.23. The van der Waals surface area contributed by atoms with E-state index in [-0.39, 0.29) is 18.3 Å². The van der Waals surface area contributed by atoms with Gasteiger partial charge in [-0.15, -0.1) is 12.4 Å². The van der Waals surface area contributed by atoms with E-state index in [4.69, 9.17) is 10.5 Å². The number of benzene rings is 2. The first-order chi connectivity index (χ1) is 10.2. The van der Waals surface area contributed by atoms with Crippen LogP contribution in [0.25, 0.3) is 11.1 Å². The van der Waals surface area contributed by atoms with E-state index in [0.717, 1.165) is 22.4 Å². The Morgan fingerprint density at radius 3 is 2.50 bits per heavy atom. The first-order valence-corrected chi connectivity index (χ1v) is 6.93. The molecular formula is C17H21ClN2O2. The molecule has 118 valence electrons. The van der Waals surface area contributed by atoms with Gasteiger partial charge in [0.25, 0.3) is 0 Å². The molecule has 0 aliphatic carbocycles. The molecule has 0 fully saturated rings. The number of hydrogen-bond donors (Lipinski definition) is 2. The van der Waals surface area contributed by atoms with Gasteiger partial charge in [-0.25, -0.2) is 0 Å². The molecule has 0 aliphatic rings. The van der Waals surface area contributed by atoms with Crippen molar-refractivity contribution in [3.8, 4) is 16.9 Å². The van der Waals surface area contributed by atoms with E-state index in [1.54, 1.807) is 7.11 Å². The van der Waals surface area contributed by atoms with Crippen LogP contribution in [0.3, 0.4) is 0 Å². The van der Waals surface area contributed by atoms with Crippen molar-refractivity contribution in [2.24, 2.45) is 5.73 Å². The first-order valence-electron chi connectivity index (χ1n) is 6.93. The van der Waals surface area contributed by atoms with Crippen molar-refractivity contribution in [2.45, 2.75) is 13.0 Å². The predicted molar refractivity (Wildman–Crippen MR) is 91.2 cm³/mol. The second kappa shape index (κ2) is 9.07. The Bertz CT molecular complexity index is 600. The Kier molecular flexibility index (Phi) is 7.43. The SMILES string of the molecule is COc1cccc(-c2ccc(CNC(=O)CCN)cc2)c1.Cl. The fourth-order valence-electron chi connectivity index (χ4n) is 2.04. The van der Waals surface area contributed by atoms with Crippen molar-refractivity contribution in [1.82, 2.24) is 5.32 Å². The number of methoxy groups -OCH3 is 1. The quantitative estimate of drug-likeness (QED) is 0.860. The highest BCUT2D eigenvalue weighted by Gasteiger charge is 2.02. The van der Waals surface area contributed by atoms with Gasteiger partial charge >= 0.3 is 0 Å². The van der Waals surface area contributed by atoms with Crippen molar-refractivity contribution < 1.29 is 9.53 Å². The van der Waals surface area contributed by atoms with Gasteiger partial charge < -0.3 is 15.8 Å². The largest absolute Gasteiger partial charge is 0.497 e. The molecule has 0 radical (unpaired) electrons. The van der Waals surface area contributed by atoms with Crippen molar-refractivity contribution in [1.29, 1.82) is 0 Å². The van der Waals surface area contributed by atoms with Gasteiger partial charge in [-0.2, -0.15) is 0 Å². The zero-order valence-corrected chi connectivity index (χ0v) is 13.4. The van der Waals surface area contributed by atoms with Crippen molar-refractivity contribution >= 4 is 18.3 Å². The van der Waals surface area contributed by atoms with Crippen LogP contribution in [0.5, 0.6) is 5.75 Å². The fourth-order valence-corrected chi connectivity index (χ4v) is 2.04. The third kappa shape index (κ3) is 5.06. The lowest BCUT2D eigenvalue weighted by atomic mass is 10.0. The number of hydrogen-bond acceptors (Lipinski definition) is 3. The minimum Gasteiger partial charge on any atom is -0.497 e. The zero-order valence-electron chi connectivity index (χ0n) is 12.5. The Morgan fingerprint density at radius 1 is 1.14 bits per heavy atom. The van der Waals surface area contributed by atoms with Crippen molar-refractivity contribution in [3.05, 3.63) is 54.1 Å². The maximum absolute atomic E-state index is 11.4. The molecule has 22 heavy (non-hydrogen) atoms. The molecule has 0 heterocycles. The Labute approximate surface area is 137 Å². The minimum absolute atomic E-state index is 0. The van der Waals surface area contributed by atoms with Crippen LogP contribution in [0, 0.1) is 0 Å². The van der Waals surface area contributed by atoms with E-state index in [9.17, 15) is 4.79 Å². The molecule has 3 N–H and O–H groups in total. The van der Waals surface area contributed by atoms with E-state index < -0.39 is 0 Å². The van der Waals surface area contributed by atoms with Crippen LogP contribution in [-0.2, 0) is 11.3 Å². The molecule has 0 atom stereocenters. The van der Waals surface area contributed by atoms with Crippen LogP contribution in [-0.4, -0.2) is 19.6 Å². The van der Waals surface area contributed by atoms with Crippen molar-refractivity contribution in [3.63, 3.8) is 0 Å². The third-order valence-electron chi connectivity index (χ3n) is 3.22. The van der Waals surface area contributed by atoms with Crippen LogP contribution in [0.2, 0.25) is 0 Å². The average Bonchev–Trinajstić information content (AvgIpc) is 2.54. The van der Waals surface area contributed by atoms with Crippen LogP contribution >= 0.6 is 12.4 Å². The summed E-state index contributed by atoms with van der Waals surface area (Å²) < 4.78 is 5.23. The Balaban J connectivity index is 0.00000242. The standard InChI is InChI=1S/C17H20N2O2.ClH/c1-21-16-4-2-3-15(11-16)14-7-5-13(6-8-14)12-19-17(20)9-10-18;/h2-8,11H,9-10,12,18H2,1H3,(H,19,20);1H. The molecule has 1 amide bonds. The molecule has 0 bridgehead atoms. The monoisotopic (exact) mass is 320 g/mol. The molecule has 2 aromatic carbocycles. The van der Waals surface area contributed by atoms with E-state index in [2.05, 4.69) is 5.32 Å².